The second kappa shape index (κ2) is 7.01. The quantitative estimate of drug-likeness (QED) is 0.446. The zero-order valence-corrected chi connectivity index (χ0v) is 12.0. The molecule has 0 aromatic heterocycles. The second-order valence-corrected chi connectivity index (χ2v) is 3.39. The first-order chi connectivity index (χ1) is 6.75. The molecule has 1 aromatic rings. The van der Waals surface area contributed by atoms with Crippen LogP contribution in [0.3, 0.4) is 0 Å². The van der Waals surface area contributed by atoms with Gasteiger partial charge in [0.25, 0.3) is 0 Å². The van der Waals surface area contributed by atoms with Gasteiger partial charge in [-0.05, 0) is 31.4 Å². The van der Waals surface area contributed by atoms with Crippen LogP contribution in [0.5, 0.6) is 0 Å². The van der Waals surface area contributed by atoms with Crippen LogP contribution in [0.4, 0.5) is 5.69 Å². The van der Waals surface area contributed by atoms with Crippen molar-refractivity contribution < 1.29 is 25.5 Å². The zero-order valence-electron chi connectivity index (χ0n) is 8.70. The Kier molecular flexibility index (Phi) is 6.82. The van der Waals surface area contributed by atoms with Gasteiger partial charge in [0, 0.05) is 26.3 Å². The summed E-state index contributed by atoms with van der Waals surface area (Å²) in [5.74, 6) is -0.187. The average Bonchev–Trinajstić information content (AvgIpc) is 2.06. The summed E-state index contributed by atoms with van der Waals surface area (Å²) in [6.07, 6.45) is 5.56. The summed E-state index contributed by atoms with van der Waals surface area (Å²) in [5, 5.41) is 11.4. The molecule has 1 aliphatic rings. The van der Waals surface area contributed by atoms with E-state index in [0.717, 1.165) is 5.69 Å². The van der Waals surface area contributed by atoms with Crippen molar-refractivity contribution in [3.63, 3.8) is 0 Å². The van der Waals surface area contributed by atoms with Crippen molar-refractivity contribution in [3.05, 3.63) is 48.4 Å². The van der Waals surface area contributed by atoms with Crippen LogP contribution in [-0.4, -0.2) is 5.90 Å². The molecular formula is C12H12BrNOPd-. The molecular weight excluding hydrogens is 360 g/mol. The van der Waals surface area contributed by atoms with Gasteiger partial charge in [-0.2, -0.15) is 0 Å². The first-order valence-corrected chi connectivity index (χ1v) is 4.59. The maximum atomic E-state index is 11.4. The van der Waals surface area contributed by atoms with Gasteiger partial charge in [-0.15, -0.1) is 17.0 Å². The maximum absolute atomic E-state index is 11.4. The minimum atomic E-state index is -0.101. The van der Waals surface area contributed by atoms with Gasteiger partial charge in [-0.25, -0.2) is 0 Å². The van der Waals surface area contributed by atoms with E-state index in [1.54, 1.807) is 0 Å². The molecule has 0 spiro atoms. The Hall–Kier alpha value is -0.428. The summed E-state index contributed by atoms with van der Waals surface area (Å²) < 4.78 is 0. The molecule has 1 atom stereocenters. The number of rotatable bonds is 2. The van der Waals surface area contributed by atoms with E-state index in [2.05, 4.69) is 4.99 Å². The van der Waals surface area contributed by atoms with Crippen LogP contribution in [0.15, 0.2) is 41.4 Å². The molecule has 4 heteroatoms. The number of hydrogen-bond donors (Lipinski definition) is 0. The van der Waals surface area contributed by atoms with E-state index in [-0.39, 0.29) is 49.2 Å². The number of halogens is 1. The van der Waals surface area contributed by atoms with E-state index in [4.69, 9.17) is 0 Å². The van der Waals surface area contributed by atoms with E-state index in [9.17, 15) is 5.11 Å². The predicted molar refractivity (Wildman–Crippen MR) is 65.5 cm³/mol. The number of benzene rings is 1. The molecule has 1 aliphatic carbocycles. The number of aryl methyl sites for hydroxylation is 1. The monoisotopic (exact) mass is 371 g/mol. The van der Waals surface area contributed by atoms with Crippen LogP contribution < -0.4 is 5.11 Å². The number of nitrogens with zero attached hydrogens (tertiary/aromatic N) is 1. The van der Waals surface area contributed by atoms with E-state index in [0.29, 0.717) is 0 Å². The standard InChI is InChI=1S/C12H12NO.BrH.Pd/c1-9-5-7-11(8-6-9)13-12(14)10-3-2-4-10;;/h2-8,10H,1H3,(H,13,14);1H;/p-1. The van der Waals surface area contributed by atoms with Crippen molar-refractivity contribution in [2.45, 2.75) is 6.92 Å². The SMILES string of the molecule is Br.Cc1ccc(N=C([O-])C2[CH]C=C2)cc1.[Pd]. The largest absolute Gasteiger partial charge is 0.861 e. The van der Waals surface area contributed by atoms with Crippen molar-refractivity contribution in [1.29, 1.82) is 0 Å². The molecule has 0 saturated carbocycles. The molecule has 1 radical (unpaired) electrons. The van der Waals surface area contributed by atoms with Crippen molar-refractivity contribution >= 4 is 28.6 Å². The van der Waals surface area contributed by atoms with Gasteiger partial charge in [-0.1, -0.05) is 29.8 Å². The number of aliphatic imine (C=N–C) groups is 1. The second-order valence-electron chi connectivity index (χ2n) is 3.39. The molecule has 89 valence electrons. The van der Waals surface area contributed by atoms with Crippen molar-refractivity contribution in [1.82, 2.24) is 0 Å². The van der Waals surface area contributed by atoms with Crippen molar-refractivity contribution in [2.75, 3.05) is 0 Å². The van der Waals surface area contributed by atoms with E-state index >= 15 is 0 Å². The van der Waals surface area contributed by atoms with Crippen molar-refractivity contribution in [3.8, 4) is 0 Å². The fraction of sp³-hybridized carbons (Fsp3) is 0.167. The van der Waals surface area contributed by atoms with Crippen molar-refractivity contribution in [2.24, 2.45) is 10.9 Å². The Morgan fingerprint density at radius 2 is 1.81 bits per heavy atom. The molecule has 0 bridgehead atoms. The number of hydrogen-bond acceptors (Lipinski definition) is 2. The van der Waals surface area contributed by atoms with Gasteiger partial charge in [-0.3, -0.25) is 4.99 Å². The first kappa shape index (κ1) is 15.6. The smallest absolute Gasteiger partial charge is 0.0618 e. The Morgan fingerprint density at radius 3 is 2.25 bits per heavy atom. The molecule has 0 N–H and O–H groups in total. The third-order valence-corrected chi connectivity index (χ3v) is 2.20. The Labute approximate surface area is 120 Å². The van der Waals surface area contributed by atoms with Crippen LogP contribution >= 0.6 is 17.0 Å². The van der Waals surface area contributed by atoms with Gasteiger partial charge < -0.3 is 5.11 Å². The Balaban J connectivity index is 0.00000112. The van der Waals surface area contributed by atoms with E-state index < -0.39 is 0 Å². The van der Waals surface area contributed by atoms with Gasteiger partial charge in [0.1, 0.15) is 0 Å². The molecule has 1 unspecified atom stereocenters. The molecule has 0 heterocycles. The summed E-state index contributed by atoms with van der Waals surface area (Å²) in [4.78, 5) is 4.00. The molecule has 0 saturated heterocycles. The zero-order chi connectivity index (χ0) is 9.97. The van der Waals surface area contributed by atoms with Gasteiger partial charge in [0.15, 0.2) is 0 Å². The van der Waals surface area contributed by atoms with E-state index in [1.165, 1.54) is 5.56 Å². The van der Waals surface area contributed by atoms with Crippen LogP contribution in [0, 0.1) is 19.3 Å². The number of allylic oxidation sites excluding steroid dienone is 1. The minimum absolute atomic E-state index is 0. The third-order valence-electron chi connectivity index (χ3n) is 2.20. The summed E-state index contributed by atoms with van der Waals surface area (Å²) in [6, 6.07) is 7.62. The minimum Gasteiger partial charge on any atom is -0.861 e. The van der Waals surface area contributed by atoms with Crippen LogP contribution in [0.2, 0.25) is 0 Å². The summed E-state index contributed by atoms with van der Waals surface area (Å²) in [5.41, 5.74) is 1.90. The summed E-state index contributed by atoms with van der Waals surface area (Å²) >= 11 is 0. The average molecular weight is 373 g/mol. The fourth-order valence-electron chi connectivity index (χ4n) is 1.21. The molecule has 2 rings (SSSR count). The van der Waals surface area contributed by atoms with Gasteiger partial charge in [0.05, 0.1) is 5.69 Å². The summed E-state index contributed by atoms with van der Waals surface area (Å²) in [6.45, 7) is 2.01. The Bertz CT molecular complexity index is 387. The topological polar surface area (TPSA) is 35.4 Å². The van der Waals surface area contributed by atoms with E-state index in [1.807, 2.05) is 49.8 Å². The maximum Gasteiger partial charge on any atom is 0.0618 e. The molecule has 0 fully saturated rings. The molecule has 16 heavy (non-hydrogen) atoms. The third kappa shape index (κ3) is 3.86. The van der Waals surface area contributed by atoms with Crippen LogP contribution in [-0.2, 0) is 20.4 Å². The van der Waals surface area contributed by atoms with Gasteiger partial charge in [0.2, 0.25) is 0 Å². The Morgan fingerprint density at radius 1 is 1.25 bits per heavy atom. The predicted octanol–water partition coefficient (Wildman–Crippen LogP) is 2.35. The van der Waals surface area contributed by atoms with Crippen LogP contribution in [0.25, 0.3) is 0 Å². The molecule has 2 nitrogen and oxygen atoms in total. The first-order valence-electron chi connectivity index (χ1n) is 4.59. The molecule has 1 aromatic carbocycles. The normalized spacial score (nSPS) is 18.1. The molecule has 0 amide bonds. The van der Waals surface area contributed by atoms with Gasteiger partial charge >= 0.3 is 0 Å². The summed E-state index contributed by atoms with van der Waals surface area (Å²) in [7, 11) is 0. The van der Waals surface area contributed by atoms with Crippen LogP contribution in [0.1, 0.15) is 5.56 Å². The molecule has 0 aliphatic heterocycles. The fourth-order valence-corrected chi connectivity index (χ4v) is 1.21.